The van der Waals surface area contributed by atoms with E-state index >= 15 is 0 Å². The summed E-state index contributed by atoms with van der Waals surface area (Å²) in [5.41, 5.74) is -0.833. The van der Waals surface area contributed by atoms with E-state index in [2.05, 4.69) is 0 Å². The second-order valence-electron chi connectivity index (χ2n) is 5.38. The van der Waals surface area contributed by atoms with Gasteiger partial charge in [-0.2, -0.15) is 0 Å². The van der Waals surface area contributed by atoms with E-state index in [1.165, 1.54) is 4.90 Å². The normalized spacial score (nSPS) is 25.1. The van der Waals surface area contributed by atoms with Crippen LogP contribution in [-0.4, -0.2) is 49.7 Å². The molecule has 1 aromatic rings. The van der Waals surface area contributed by atoms with Crippen molar-refractivity contribution in [3.8, 4) is 0 Å². The van der Waals surface area contributed by atoms with Gasteiger partial charge in [-0.05, 0) is 6.42 Å². The van der Waals surface area contributed by atoms with Gasteiger partial charge in [-0.3, -0.25) is 9.59 Å². The first-order valence-electron chi connectivity index (χ1n) is 6.86. The Morgan fingerprint density at radius 2 is 2.10 bits per heavy atom. The predicted octanol–water partition coefficient (Wildman–Crippen LogP) is 1.32. The molecule has 1 heterocycles. The van der Waals surface area contributed by atoms with Gasteiger partial charge in [0.25, 0.3) is 0 Å². The Bertz CT molecular complexity index is 542. The van der Waals surface area contributed by atoms with Crippen LogP contribution >= 0.6 is 0 Å². The van der Waals surface area contributed by atoms with Gasteiger partial charge in [-0.25, -0.2) is 0 Å². The number of Topliss-reactive ketones (excluding diaryl/α,β-unsaturated/α-hetero) is 1. The minimum Gasteiger partial charge on any atom is -0.383 e. The largest absolute Gasteiger partial charge is 0.383 e. The number of rotatable bonds is 6. The predicted molar refractivity (Wildman–Crippen MR) is 76.9 cm³/mol. The average molecular weight is 289 g/mol. The van der Waals surface area contributed by atoms with Crippen LogP contribution in [0.3, 0.4) is 0 Å². The van der Waals surface area contributed by atoms with Crippen LogP contribution in [0, 0.1) is 5.41 Å². The molecule has 5 nitrogen and oxygen atoms in total. The number of amides is 1. The van der Waals surface area contributed by atoms with Gasteiger partial charge in [0.05, 0.1) is 12.6 Å². The van der Waals surface area contributed by atoms with Crippen molar-refractivity contribution >= 4 is 18.0 Å². The number of ether oxygens (including phenoxy) is 1. The molecule has 2 atom stereocenters. The summed E-state index contributed by atoms with van der Waals surface area (Å²) in [5, 5.41) is 0. The number of carbonyl (C=O) groups excluding carboxylic acids is 3. The molecule has 112 valence electrons. The van der Waals surface area contributed by atoms with E-state index in [-0.39, 0.29) is 24.2 Å². The molecule has 0 saturated carbocycles. The molecule has 1 amide bonds. The van der Waals surface area contributed by atoms with Crippen molar-refractivity contribution < 1.29 is 19.1 Å². The highest BCUT2D eigenvalue weighted by atomic mass is 16.5. The van der Waals surface area contributed by atoms with Crippen molar-refractivity contribution in [2.24, 2.45) is 5.41 Å². The average Bonchev–Trinajstić information content (AvgIpc) is 2.74. The summed E-state index contributed by atoms with van der Waals surface area (Å²) in [6.45, 7) is 0.352. The van der Waals surface area contributed by atoms with Gasteiger partial charge in [0.15, 0.2) is 5.78 Å². The molecule has 0 spiro atoms. The number of carbonyl (C=O) groups is 3. The first-order chi connectivity index (χ1) is 10.1. The number of hydrogen-bond acceptors (Lipinski definition) is 4. The number of benzene rings is 1. The summed E-state index contributed by atoms with van der Waals surface area (Å²) < 4.78 is 5.11. The minimum atomic E-state index is -1.29. The van der Waals surface area contributed by atoms with Gasteiger partial charge in [0, 0.05) is 26.1 Å². The molecule has 0 N–H and O–H groups in total. The molecule has 21 heavy (non-hydrogen) atoms. The maximum atomic E-state index is 12.8. The molecule has 1 saturated heterocycles. The molecular formula is C16H19NO4. The zero-order valence-corrected chi connectivity index (χ0v) is 12.2. The van der Waals surface area contributed by atoms with E-state index in [0.717, 1.165) is 0 Å². The Hall–Kier alpha value is -2.01. The lowest BCUT2D eigenvalue weighted by Gasteiger charge is -2.23. The van der Waals surface area contributed by atoms with E-state index in [0.29, 0.717) is 24.9 Å². The number of likely N-dealkylation sites (N-methyl/N-ethyl adjacent to an activating group) is 1. The quantitative estimate of drug-likeness (QED) is 0.450. The molecule has 0 bridgehead atoms. The second kappa shape index (κ2) is 6.18. The Morgan fingerprint density at radius 3 is 2.67 bits per heavy atom. The van der Waals surface area contributed by atoms with Crippen molar-refractivity contribution in [1.82, 2.24) is 4.90 Å². The zero-order valence-electron chi connectivity index (χ0n) is 12.2. The Kier molecular flexibility index (Phi) is 4.53. The molecule has 1 unspecified atom stereocenters. The SMILES string of the molecule is COC[C@@H]1CC(CC=O)(C(=O)c2ccccc2)C(=O)N1C. The minimum absolute atomic E-state index is 0.0931. The highest BCUT2D eigenvalue weighted by Crippen LogP contribution is 2.40. The number of methoxy groups -OCH3 is 1. The third-order valence-corrected chi connectivity index (χ3v) is 4.12. The zero-order chi connectivity index (χ0) is 15.5. The summed E-state index contributed by atoms with van der Waals surface area (Å²) in [5.74, 6) is -0.587. The fourth-order valence-corrected chi connectivity index (χ4v) is 2.95. The summed E-state index contributed by atoms with van der Waals surface area (Å²) in [7, 11) is 3.20. The number of hydrogen-bond donors (Lipinski definition) is 0. The Morgan fingerprint density at radius 1 is 1.43 bits per heavy atom. The molecular weight excluding hydrogens is 270 g/mol. The highest BCUT2D eigenvalue weighted by molar-refractivity contribution is 6.16. The van der Waals surface area contributed by atoms with Crippen molar-refractivity contribution in [3.63, 3.8) is 0 Å². The highest BCUT2D eigenvalue weighted by Gasteiger charge is 2.55. The number of aldehydes is 1. The molecule has 1 aliphatic heterocycles. The van der Waals surface area contributed by atoms with Gasteiger partial charge in [-0.1, -0.05) is 30.3 Å². The third-order valence-electron chi connectivity index (χ3n) is 4.12. The van der Waals surface area contributed by atoms with Crippen LogP contribution in [0.4, 0.5) is 0 Å². The summed E-state index contributed by atoms with van der Waals surface area (Å²) in [6.07, 6.45) is 0.870. The fourth-order valence-electron chi connectivity index (χ4n) is 2.95. The molecule has 1 aliphatic rings. The van der Waals surface area contributed by atoms with E-state index in [1.54, 1.807) is 44.5 Å². The lowest BCUT2D eigenvalue weighted by atomic mass is 9.75. The van der Waals surface area contributed by atoms with Crippen LogP contribution < -0.4 is 0 Å². The van der Waals surface area contributed by atoms with Crippen LogP contribution in [0.2, 0.25) is 0 Å². The van der Waals surface area contributed by atoms with E-state index in [4.69, 9.17) is 4.74 Å². The van der Waals surface area contributed by atoms with Crippen LogP contribution in [0.1, 0.15) is 23.2 Å². The van der Waals surface area contributed by atoms with Crippen LogP contribution in [0.25, 0.3) is 0 Å². The third kappa shape index (κ3) is 2.61. The molecule has 2 rings (SSSR count). The van der Waals surface area contributed by atoms with E-state index in [9.17, 15) is 14.4 Å². The van der Waals surface area contributed by atoms with Crippen molar-refractivity contribution in [3.05, 3.63) is 35.9 Å². The first kappa shape index (κ1) is 15.4. The van der Waals surface area contributed by atoms with Gasteiger partial charge in [0.2, 0.25) is 5.91 Å². The lowest BCUT2D eigenvalue weighted by Crippen LogP contribution is -2.40. The van der Waals surface area contributed by atoms with Gasteiger partial charge in [-0.15, -0.1) is 0 Å². The summed E-state index contributed by atoms with van der Waals surface area (Å²) in [4.78, 5) is 38.0. The maximum absolute atomic E-state index is 12.8. The molecule has 5 heteroatoms. The molecule has 1 fully saturated rings. The molecule has 1 aromatic carbocycles. The van der Waals surface area contributed by atoms with Crippen molar-refractivity contribution in [2.45, 2.75) is 18.9 Å². The molecule has 0 aromatic heterocycles. The smallest absolute Gasteiger partial charge is 0.237 e. The van der Waals surface area contributed by atoms with Crippen molar-refractivity contribution in [2.75, 3.05) is 20.8 Å². The Labute approximate surface area is 123 Å². The topological polar surface area (TPSA) is 63.7 Å². The second-order valence-corrected chi connectivity index (χ2v) is 5.38. The summed E-state index contributed by atoms with van der Waals surface area (Å²) >= 11 is 0. The first-order valence-corrected chi connectivity index (χ1v) is 6.86. The van der Waals surface area contributed by atoms with Crippen LogP contribution in [0.15, 0.2) is 30.3 Å². The van der Waals surface area contributed by atoms with Gasteiger partial charge < -0.3 is 14.4 Å². The fraction of sp³-hybridized carbons (Fsp3) is 0.438. The summed E-state index contributed by atoms with van der Waals surface area (Å²) in [6, 6.07) is 8.46. The van der Waals surface area contributed by atoms with Crippen LogP contribution in [0.5, 0.6) is 0 Å². The Balaban J connectivity index is 2.40. The lowest BCUT2D eigenvalue weighted by molar-refractivity contribution is -0.135. The molecule has 0 aliphatic carbocycles. The standard InChI is InChI=1S/C16H19NO4/c1-17-13(11-21-2)10-16(8-9-18,15(17)20)14(19)12-6-4-3-5-7-12/h3-7,9,13H,8,10-11H2,1-2H3/t13-,16?/m0/s1. The van der Waals surface area contributed by atoms with Crippen molar-refractivity contribution in [1.29, 1.82) is 0 Å². The van der Waals surface area contributed by atoms with E-state index in [1.807, 2.05) is 0 Å². The number of ketones is 1. The van der Waals surface area contributed by atoms with Gasteiger partial charge in [0.1, 0.15) is 11.7 Å². The molecule has 0 radical (unpaired) electrons. The maximum Gasteiger partial charge on any atom is 0.237 e. The number of nitrogens with zero attached hydrogens (tertiary/aromatic N) is 1. The number of likely N-dealkylation sites (tertiary alicyclic amines) is 1. The van der Waals surface area contributed by atoms with Crippen LogP contribution in [-0.2, 0) is 14.3 Å². The van der Waals surface area contributed by atoms with Gasteiger partial charge >= 0.3 is 0 Å². The van der Waals surface area contributed by atoms with E-state index < -0.39 is 5.41 Å². The monoisotopic (exact) mass is 289 g/mol.